The van der Waals surface area contributed by atoms with E-state index in [2.05, 4.69) is 0 Å². The lowest BCUT2D eigenvalue weighted by molar-refractivity contribution is -0.144. The molecule has 76 valence electrons. The van der Waals surface area contributed by atoms with Crippen molar-refractivity contribution in [2.24, 2.45) is 0 Å². The summed E-state index contributed by atoms with van der Waals surface area (Å²) >= 11 is 0. The van der Waals surface area contributed by atoms with Crippen LogP contribution in [-0.4, -0.2) is 38.0 Å². The van der Waals surface area contributed by atoms with Gasteiger partial charge in [-0.2, -0.15) is 0 Å². The van der Waals surface area contributed by atoms with E-state index in [0.717, 1.165) is 0 Å². The maximum Gasteiger partial charge on any atom is 0.309 e. The number of rotatable bonds is 5. The Morgan fingerprint density at radius 3 is 2.85 bits per heavy atom. The number of carbonyl (C=O) groups is 1. The largest absolute Gasteiger partial charge is 0.457 e. The van der Waals surface area contributed by atoms with Crippen LogP contribution in [0.4, 0.5) is 0 Å². The summed E-state index contributed by atoms with van der Waals surface area (Å²) in [4.78, 5) is 10.9. The second-order valence-corrected chi connectivity index (χ2v) is 2.89. The standard InChI is InChI=1S/C9H16O4/c1-3-11-6-8-7(12-4-2)5-9(10)13-8/h7-8H,3-6H2,1-2H3/t7-,8+/m0/s1. The highest BCUT2D eigenvalue weighted by atomic mass is 16.6. The third-order valence-corrected chi connectivity index (χ3v) is 1.93. The second-order valence-electron chi connectivity index (χ2n) is 2.89. The van der Waals surface area contributed by atoms with Crippen LogP contribution in [0.2, 0.25) is 0 Å². The van der Waals surface area contributed by atoms with Gasteiger partial charge in [0, 0.05) is 13.2 Å². The molecule has 0 radical (unpaired) electrons. The van der Waals surface area contributed by atoms with Crippen LogP contribution in [0, 0.1) is 0 Å². The zero-order valence-corrected chi connectivity index (χ0v) is 8.12. The van der Waals surface area contributed by atoms with Crippen LogP contribution in [0.3, 0.4) is 0 Å². The van der Waals surface area contributed by atoms with Crippen molar-refractivity contribution >= 4 is 5.97 Å². The molecule has 0 aromatic heterocycles. The van der Waals surface area contributed by atoms with E-state index in [4.69, 9.17) is 14.2 Å². The lowest BCUT2D eigenvalue weighted by atomic mass is 10.2. The normalized spacial score (nSPS) is 27.7. The van der Waals surface area contributed by atoms with Crippen LogP contribution in [0.5, 0.6) is 0 Å². The fraction of sp³-hybridized carbons (Fsp3) is 0.889. The summed E-state index contributed by atoms with van der Waals surface area (Å²) in [5, 5.41) is 0. The Balaban J connectivity index is 2.36. The molecule has 0 amide bonds. The molecule has 1 rings (SSSR count). The van der Waals surface area contributed by atoms with Gasteiger partial charge < -0.3 is 14.2 Å². The van der Waals surface area contributed by atoms with Crippen LogP contribution in [0.25, 0.3) is 0 Å². The fourth-order valence-electron chi connectivity index (χ4n) is 1.34. The summed E-state index contributed by atoms with van der Waals surface area (Å²) in [6.45, 7) is 5.48. The molecule has 1 aliphatic rings. The van der Waals surface area contributed by atoms with Crippen molar-refractivity contribution in [1.29, 1.82) is 0 Å². The number of ether oxygens (including phenoxy) is 3. The first-order valence-corrected chi connectivity index (χ1v) is 4.66. The minimum atomic E-state index is -0.215. The van der Waals surface area contributed by atoms with Gasteiger partial charge in [0.1, 0.15) is 6.10 Å². The molecule has 0 spiro atoms. The zero-order chi connectivity index (χ0) is 9.68. The maximum atomic E-state index is 10.9. The molecule has 0 saturated carbocycles. The predicted molar refractivity (Wildman–Crippen MR) is 46.4 cm³/mol. The van der Waals surface area contributed by atoms with Crippen LogP contribution in [0.1, 0.15) is 20.3 Å². The molecular formula is C9H16O4. The van der Waals surface area contributed by atoms with E-state index in [9.17, 15) is 4.79 Å². The van der Waals surface area contributed by atoms with Gasteiger partial charge in [-0.3, -0.25) is 4.79 Å². The van der Waals surface area contributed by atoms with E-state index < -0.39 is 0 Å². The third kappa shape index (κ3) is 2.97. The van der Waals surface area contributed by atoms with E-state index in [1.54, 1.807) is 0 Å². The average Bonchev–Trinajstić information content (AvgIpc) is 2.44. The van der Waals surface area contributed by atoms with Gasteiger partial charge in [0.15, 0.2) is 6.10 Å². The van der Waals surface area contributed by atoms with E-state index >= 15 is 0 Å². The molecular weight excluding hydrogens is 172 g/mol. The molecule has 2 atom stereocenters. The number of hydrogen-bond acceptors (Lipinski definition) is 4. The van der Waals surface area contributed by atoms with Crippen molar-refractivity contribution in [2.75, 3.05) is 19.8 Å². The smallest absolute Gasteiger partial charge is 0.309 e. The highest BCUT2D eigenvalue weighted by molar-refractivity contribution is 5.72. The zero-order valence-electron chi connectivity index (χ0n) is 8.12. The Hall–Kier alpha value is -0.610. The molecule has 0 bridgehead atoms. The molecule has 1 saturated heterocycles. The predicted octanol–water partition coefficient (Wildman–Crippen LogP) is 0.744. The Kier molecular flexibility index (Phi) is 4.18. The number of esters is 1. The maximum absolute atomic E-state index is 10.9. The van der Waals surface area contributed by atoms with Gasteiger partial charge >= 0.3 is 5.97 Å². The molecule has 1 aliphatic heterocycles. The highest BCUT2D eigenvalue weighted by Crippen LogP contribution is 2.18. The second kappa shape index (κ2) is 5.19. The van der Waals surface area contributed by atoms with Gasteiger partial charge in [-0.25, -0.2) is 0 Å². The van der Waals surface area contributed by atoms with Crippen LogP contribution in [-0.2, 0) is 19.0 Å². The van der Waals surface area contributed by atoms with Crippen LogP contribution >= 0.6 is 0 Å². The van der Waals surface area contributed by atoms with Crippen molar-refractivity contribution < 1.29 is 19.0 Å². The Bertz CT molecular complexity index is 169. The topological polar surface area (TPSA) is 44.8 Å². The number of cyclic esters (lactones) is 1. The summed E-state index contributed by atoms with van der Waals surface area (Å²) in [5.74, 6) is -0.192. The van der Waals surface area contributed by atoms with Gasteiger partial charge in [0.2, 0.25) is 0 Å². The molecule has 0 aromatic rings. The first kappa shape index (κ1) is 10.5. The Morgan fingerprint density at radius 1 is 1.46 bits per heavy atom. The highest BCUT2D eigenvalue weighted by Gasteiger charge is 2.35. The molecule has 0 N–H and O–H groups in total. The molecule has 1 fully saturated rings. The summed E-state index contributed by atoms with van der Waals surface area (Å²) in [7, 11) is 0. The summed E-state index contributed by atoms with van der Waals surface area (Å²) < 4.78 is 15.6. The number of carbonyl (C=O) groups excluding carboxylic acids is 1. The molecule has 4 heteroatoms. The SMILES string of the molecule is CCOC[C@H]1OC(=O)C[C@@H]1OCC. The van der Waals surface area contributed by atoms with E-state index in [1.807, 2.05) is 13.8 Å². The van der Waals surface area contributed by atoms with Crippen molar-refractivity contribution in [3.8, 4) is 0 Å². The molecule has 13 heavy (non-hydrogen) atoms. The van der Waals surface area contributed by atoms with Gasteiger partial charge in [-0.05, 0) is 13.8 Å². The molecule has 0 aromatic carbocycles. The van der Waals surface area contributed by atoms with Crippen LogP contribution < -0.4 is 0 Å². The Morgan fingerprint density at radius 2 is 2.23 bits per heavy atom. The fourth-order valence-corrected chi connectivity index (χ4v) is 1.34. The van der Waals surface area contributed by atoms with Gasteiger partial charge in [-0.1, -0.05) is 0 Å². The lowest BCUT2D eigenvalue weighted by Crippen LogP contribution is -2.29. The van der Waals surface area contributed by atoms with E-state index in [-0.39, 0.29) is 18.2 Å². The van der Waals surface area contributed by atoms with Crippen molar-refractivity contribution in [3.05, 3.63) is 0 Å². The third-order valence-electron chi connectivity index (χ3n) is 1.93. The average molecular weight is 188 g/mol. The quantitative estimate of drug-likeness (QED) is 0.597. The van der Waals surface area contributed by atoms with Gasteiger partial charge in [0.05, 0.1) is 13.0 Å². The van der Waals surface area contributed by atoms with Gasteiger partial charge in [0.25, 0.3) is 0 Å². The summed E-state index contributed by atoms with van der Waals surface area (Å²) in [6.07, 6.45) is 0.0161. The molecule has 1 heterocycles. The van der Waals surface area contributed by atoms with E-state index in [1.165, 1.54) is 0 Å². The van der Waals surface area contributed by atoms with E-state index in [0.29, 0.717) is 26.2 Å². The van der Waals surface area contributed by atoms with Crippen LogP contribution in [0.15, 0.2) is 0 Å². The molecule has 0 aliphatic carbocycles. The monoisotopic (exact) mass is 188 g/mol. The first-order valence-electron chi connectivity index (χ1n) is 4.66. The number of hydrogen-bond donors (Lipinski definition) is 0. The first-order chi connectivity index (χ1) is 6.27. The summed E-state index contributed by atoms with van der Waals surface area (Å²) in [5.41, 5.74) is 0. The summed E-state index contributed by atoms with van der Waals surface area (Å²) in [6, 6.07) is 0. The Labute approximate surface area is 78.2 Å². The van der Waals surface area contributed by atoms with Crippen molar-refractivity contribution in [2.45, 2.75) is 32.5 Å². The minimum Gasteiger partial charge on any atom is -0.457 e. The lowest BCUT2D eigenvalue weighted by Gasteiger charge is -2.16. The van der Waals surface area contributed by atoms with Crippen molar-refractivity contribution in [1.82, 2.24) is 0 Å². The minimum absolute atomic E-state index is 0.121. The van der Waals surface area contributed by atoms with Gasteiger partial charge in [-0.15, -0.1) is 0 Å². The van der Waals surface area contributed by atoms with Crippen molar-refractivity contribution in [3.63, 3.8) is 0 Å². The molecule has 0 unspecified atom stereocenters. The molecule has 4 nitrogen and oxygen atoms in total.